The maximum atomic E-state index is 13.1. The minimum Gasteiger partial charge on any atom is -0.383 e. The molecule has 0 radical (unpaired) electrons. The first kappa shape index (κ1) is 29.7. The average molecular weight is 554 g/mol. The molecule has 0 aliphatic heterocycles. The lowest BCUT2D eigenvalue weighted by Gasteiger charge is -2.19. The molecule has 214 valence electrons. The van der Waals surface area contributed by atoms with Gasteiger partial charge in [-0.3, -0.25) is 9.59 Å². The largest absolute Gasteiger partial charge is 0.383 e. The van der Waals surface area contributed by atoms with Gasteiger partial charge in [0.1, 0.15) is 0 Å². The Balaban J connectivity index is 1.53. The summed E-state index contributed by atoms with van der Waals surface area (Å²) in [4.78, 5) is 30.7. The Labute approximate surface area is 241 Å². The summed E-state index contributed by atoms with van der Waals surface area (Å²) in [6.45, 7) is 10.5. The second kappa shape index (κ2) is 12.9. The standard InChI is InChI=1S/C33H39N5O3/c1-22-27(8-7-9-28(22)37-31(39)24-12-14-25(15-13-24)33(2,3)4)29-21-38(5)32(40)30(36-29)35-26-16-10-23(11-17-26)20-34-18-19-41-6/h7-17,21,34H,18-20H2,1-6H3,(H,35,36)(H,37,39). The van der Waals surface area contributed by atoms with Crippen LogP contribution in [0.5, 0.6) is 0 Å². The van der Waals surface area contributed by atoms with Crippen LogP contribution in [0.15, 0.2) is 77.7 Å². The highest BCUT2D eigenvalue weighted by Gasteiger charge is 2.16. The molecule has 4 rings (SSSR count). The normalized spacial score (nSPS) is 11.4. The van der Waals surface area contributed by atoms with Crippen molar-refractivity contribution in [3.8, 4) is 11.3 Å². The van der Waals surface area contributed by atoms with Gasteiger partial charge in [0.2, 0.25) is 0 Å². The number of aromatic nitrogens is 2. The van der Waals surface area contributed by atoms with Crippen molar-refractivity contribution < 1.29 is 9.53 Å². The molecule has 1 aromatic heterocycles. The molecule has 0 atom stereocenters. The quantitative estimate of drug-likeness (QED) is 0.215. The summed E-state index contributed by atoms with van der Waals surface area (Å²) in [5.74, 6) is 0.0441. The molecular formula is C33H39N5O3. The van der Waals surface area contributed by atoms with Crippen LogP contribution in [0.25, 0.3) is 11.3 Å². The minimum atomic E-state index is -0.236. The number of nitrogens with zero attached hydrogens (tertiary/aromatic N) is 2. The highest BCUT2D eigenvalue weighted by atomic mass is 16.5. The zero-order chi connectivity index (χ0) is 29.6. The predicted octanol–water partition coefficient (Wildman–Crippen LogP) is 5.79. The number of carbonyl (C=O) groups is 1. The minimum absolute atomic E-state index is 0.0153. The van der Waals surface area contributed by atoms with Crippen molar-refractivity contribution in [2.24, 2.45) is 7.05 Å². The Morgan fingerprint density at radius 1 is 1.00 bits per heavy atom. The van der Waals surface area contributed by atoms with Crippen LogP contribution in [-0.2, 0) is 23.7 Å². The molecule has 0 bridgehead atoms. The van der Waals surface area contributed by atoms with E-state index < -0.39 is 0 Å². The highest BCUT2D eigenvalue weighted by molar-refractivity contribution is 6.05. The summed E-state index contributed by atoms with van der Waals surface area (Å²) < 4.78 is 6.57. The van der Waals surface area contributed by atoms with E-state index >= 15 is 0 Å². The SMILES string of the molecule is COCCNCc1ccc(Nc2nc(-c3cccc(NC(=O)c4ccc(C(C)(C)C)cc4)c3C)cn(C)c2=O)cc1. The van der Waals surface area contributed by atoms with E-state index in [1.165, 1.54) is 10.1 Å². The maximum absolute atomic E-state index is 13.1. The number of amides is 1. The van der Waals surface area contributed by atoms with Crippen LogP contribution >= 0.6 is 0 Å². The number of methoxy groups -OCH3 is 1. The van der Waals surface area contributed by atoms with Gasteiger partial charge in [-0.15, -0.1) is 0 Å². The summed E-state index contributed by atoms with van der Waals surface area (Å²) in [6.07, 6.45) is 1.71. The molecule has 1 amide bonds. The zero-order valence-corrected chi connectivity index (χ0v) is 24.7. The topological polar surface area (TPSA) is 97.3 Å². The number of benzene rings is 3. The summed E-state index contributed by atoms with van der Waals surface area (Å²) in [6, 6.07) is 21.2. The van der Waals surface area contributed by atoms with Gasteiger partial charge < -0.3 is 25.3 Å². The molecule has 41 heavy (non-hydrogen) atoms. The Morgan fingerprint density at radius 3 is 2.37 bits per heavy atom. The highest BCUT2D eigenvalue weighted by Crippen LogP contribution is 2.29. The van der Waals surface area contributed by atoms with E-state index in [2.05, 4.69) is 41.7 Å². The van der Waals surface area contributed by atoms with Crippen LogP contribution in [0, 0.1) is 6.92 Å². The second-order valence-corrected chi connectivity index (χ2v) is 11.1. The van der Waals surface area contributed by atoms with Gasteiger partial charge in [0.25, 0.3) is 11.5 Å². The lowest BCUT2D eigenvalue weighted by molar-refractivity contribution is 0.102. The first-order chi connectivity index (χ1) is 19.6. The van der Waals surface area contributed by atoms with E-state index in [4.69, 9.17) is 4.74 Å². The number of carbonyl (C=O) groups excluding carboxylic acids is 1. The third-order valence-corrected chi connectivity index (χ3v) is 6.97. The number of ether oxygens (including phenoxy) is 1. The van der Waals surface area contributed by atoms with E-state index in [0.717, 1.165) is 35.5 Å². The van der Waals surface area contributed by atoms with Crippen molar-refractivity contribution in [3.05, 3.63) is 106 Å². The molecule has 1 heterocycles. The van der Waals surface area contributed by atoms with Crippen LogP contribution in [0.3, 0.4) is 0 Å². The van der Waals surface area contributed by atoms with E-state index in [9.17, 15) is 9.59 Å². The van der Waals surface area contributed by atoms with Gasteiger partial charge in [-0.2, -0.15) is 0 Å². The van der Waals surface area contributed by atoms with Crippen LogP contribution in [0.4, 0.5) is 17.2 Å². The molecule has 0 saturated carbocycles. The Hall–Kier alpha value is -4.27. The van der Waals surface area contributed by atoms with E-state index in [-0.39, 0.29) is 22.7 Å². The van der Waals surface area contributed by atoms with E-state index in [0.29, 0.717) is 23.6 Å². The van der Waals surface area contributed by atoms with E-state index in [1.807, 2.05) is 73.7 Å². The number of hydrogen-bond donors (Lipinski definition) is 3. The monoisotopic (exact) mass is 553 g/mol. The van der Waals surface area contributed by atoms with E-state index in [1.54, 1.807) is 20.4 Å². The number of hydrogen-bond acceptors (Lipinski definition) is 6. The molecule has 4 aromatic rings. The Morgan fingerprint density at radius 2 is 1.71 bits per heavy atom. The summed E-state index contributed by atoms with van der Waals surface area (Å²) >= 11 is 0. The number of anilines is 3. The summed E-state index contributed by atoms with van der Waals surface area (Å²) in [7, 11) is 3.38. The first-order valence-electron chi connectivity index (χ1n) is 13.7. The smallest absolute Gasteiger partial charge is 0.293 e. The van der Waals surface area contributed by atoms with Crippen molar-refractivity contribution in [2.45, 2.75) is 39.7 Å². The van der Waals surface area contributed by atoms with Crippen LogP contribution in [-0.4, -0.2) is 35.7 Å². The van der Waals surface area contributed by atoms with Crippen molar-refractivity contribution in [1.82, 2.24) is 14.9 Å². The van der Waals surface area contributed by atoms with Crippen molar-refractivity contribution in [2.75, 3.05) is 30.9 Å². The Kier molecular flexibility index (Phi) is 9.37. The molecule has 0 aliphatic rings. The molecule has 0 aliphatic carbocycles. The number of aryl methyl sites for hydroxylation is 1. The van der Waals surface area contributed by atoms with Crippen molar-refractivity contribution in [3.63, 3.8) is 0 Å². The fraction of sp³-hybridized carbons (Fsp3) is 0.303. The van der Waals surface area contributed by atoms with Crippen LogP contribution in [0.1, 0.15) is 47.8 Å². The third kappa shape index (κ3) is 7.48. The molecular weight excluding hydrogens is 514 g/mol. The number of rotatable bonds is 10. The van der Waals surface area contributed by atoms with Crippen molar-refractivity contribution in [1.29, 1.82) is 0 Å². The van der Waals surface area contributed by atoms with Gasteiger partial charge in [-0.25, -0.2) is 4.98 Å². The van der Waals surface area contributed by atoms with Gasteiger partial charge in [0.05, 0.1) is 12.3 Å². The zero-order valence-electron chi connectivity index (χ0n) is 24.7. The molecule has 0 saturated heterocycles. The van der Waals surface area contributed by atoms with Gasteiger partial charge in [-0.1, -0.05) is 57.2 Å². The van der Waals surface area contributed by atoms with Gasteiger partial charge >= 0.3 is 0 Å². The average Bonchev–Trinajstić information content (AvgIpc) is 2.95. The van der Waals surface area contributed by atoms with Gasteiger partial charge in [0.15, 0.2) is 5.82 Å². The fourth-order valence-electron chi connectivity index (χ4n) is 4.43. The van der Waals surface area contributed by atoms with Crippen LogP contribution in [0.2, 0.25) is 0 Å². The molecule has 8 heteroatoms. The van der Waals surface area contributed by atoms with Crippen molar-refractivity contribution >= 4 is 23.1 Å². The third-order valence-electron chi connectivity index (χ3n) is 6.97. The Bertz CT molecular complexity index is 1550. The van der Waals surface area contributed by atoms with Gasteiger partial charge in [-0.05, 0) is 59.4 Å². The molecule has 0 spiro atoms. The lowest BCUT2D eigenvalue weighted by Crippen LogP contribution is -2.21. The molecule has 3 N–H and O–H groups in total. The maximum Gasteiger partial charge on any atom is 0.293 e. The molecule has 0 fully saturated rings. The predicted molar refractivity (Wildman–Crippen MR) is 166 cm³/mol. The second-order valence-electron chi connectivity index (χ2n) is 11.1. The summed E-state index contributed by atoms with van der Waals surface area (Å²) in [5, 5.41) is 9.53. The lowest BCUT2D eigenvalue weighted by atomic mass is 9.86. The number of nitrogens with one attached hydrogen (secondary N) is 3. The molecule has 0 unspecified atom stereocenters. The van der Waals surface area contributed by atoms with Gasteiger partial charge in [0, 0.05) is 55.9 Å². The fourth-order valence-corrected chi connectivity index (χ4v) is 4.43. The molecule has 3 aromatic carbocycles. The first-order valence-corrected chi connectivity index (χ1v) is 13.7. The summed E-state index contributed by atoms with van der Waals surface area (Å²) in [5.41, 5.74) is 6.42. The van der Waals surface area contributed by atoms with Crippen LogP contribution < -0.4 is 21.5 Å². The molecule has 8 nitrogen and oxygen atoms in total.